The summed E-state index contributed by atoms with van der Waals surface area (Å²) in [5, 5.41) is 17.5. The summed E-state index contributed by atoms with van der Waals surface area (Å²) < 4.78 is 20.3. The van der Waals surface area contributed by atoms with Gasteiger partial charge < -0.3 is 10.1 Å². The number of ether oxygens (including phenoxy) is 1. The fourth-order valence-electron chi connectivity index (χ4n) is 3.93. The predicted octanol–water partition coefficient (Wildman–Crippen LogP) is 5.08. The summed E-state index contributed by atoms with van der Waals surface area (Å²) >= 11 is 5.95. The van der Waals surface area contributed by atoms with E-state index >= 15 is 4.39 Å². The number of methoxy groups -OCH3 is 1. The van der Waals surface area contributed by atoms with Crippen LogP contribution in [0.2, 0.25) is 5.02 Å². The number of carbonyl (C=O) groups excluding carboxylic acids is 1. The van der Waals surface area contributed by atoms with E-state index in [0.29, 0.717) is 34.1 Å². The number of rotatable bonds is 6. The molecule has 4 aromatic rings. The highest BCUT2D eigenvalue weighted by Crippen LogP contribution is 2.48. The van der Waals surface area contributed by atoms with Crippen LogP contribution in [0.25, 0.3) is 22.5 Å². The minimum Gasteiger partial charge on any atom is -0.497 e. The maximum absolute atomic E-state index is 15.1. The second kappa shape index (κ2) is 8.63. The lowest BCUT2D eigenvalue weighted by molar-refractivity contribution is -0.117. The largest absolute Gasteiger partial charge is 0.497 e. The Balaban J connectivity index is 1.43. The number of nitrogens with zero attached hydrogens (tertiary/aromatic N) is 3. The highest BCUT2D eigenvalue weighted by Gasteiger charge is 2.44. The summed E-state index contributed by atoms with van der Waals surface area (Å²) in [4.78, 5) is 12.8. The highest BCUT2D eigenvalue weighted by molar-refractivity contribution is 6.30. The summed E-state index contributed by atoms with van der Waals surface area (Å²) in [6.45, 7) is 0. The fourth-order valence-corrected chi connectivity index (χ4v) is 4.05. The van der Waals surface area contributed by atoms with E-state index in [9.17, 15) is 4.79 Å². The fraction of sp³-hybridized carbons (Fsp3) is 0.167. The van der Waals surface area contributed by atoms with Gasteiger partial charge in [-0.3, -0.25) is 4.79 Å². The number of hydrogen-bond donors (Lipinski definition) is 2. The lowest BCUT2D eigenvalue weighted by atomic mass is 9.98. The molecule has 1 aliphatic rings. The summed E-state index contributed by atoms with van der Waals surface area (Å²) in [5.41, 5.74) is 2.97. The molecule has 0 bridgehead atoms. The van der Waals surface area contributed by atoms with Crippen molar-refractivity contribution in [1.82, 2.24) is 20.6 Å². The number of H-pyrrole nitrogens is 1. The molecule has 33 heavy (non-hydrogen) atoms. The topological polar surface area (TPSA) is 92.8 Å². The minimum absolute atomic E-state index is 0.0683. The highest BCUT2D eigenvalue weighted by atomic mass is 35.5. The maximum atomic E-state index is 15.1. The standard InChI is InChI=1S/C24H19ClFN5O2/c1-33-16-8-4-14(5-9-16)18-11-21(26)22(12-19(18)23-28-30-31-29-23)27-24(32)20-10-17(20)13-2-6-15(25)7-3-13/h2-9,11-12,17,20H,10H2,1H3,(H,27,32)(H,28,29,30,31)/t17-,20+/m0/s1. The summed E-state index contributed by atoms with van der Waals surface area (Å²) in [7, 11) is 1.58. The minimum atomic E-state index is -0.551. The first kappa shape index (κ1) is 21.1. The molecule has 0 saturated heterocycles. The third-order valence-electron chi connectivity index (χ3n) is 5.78. The van der Waals surface area contributed by atoms with Crippen molar-refractivity contribution in [2.24, 2.45) is 5.92 Å². The third kappa shape index (κ3) is 4.29. The molecule has 9 heteroatoms. The number of tetrazole rings is 1. The van der Waals surface area contributed by atoms with E-state index in [-0.39, 0.29) is 23.4 Å². The van der Waals surface area contributed by atoms with Crippen LogP contribution in [0.4, 0.5) is 10.1 Å². The molecule has 2 atom stereocenters. The van der Waals surface area contributed by atoms with Gasteiger partial charge >= 0.3 is 0 Å². The van der Waals surface area contributed by atoms with Gasteiger partial charge in [-0.05, 0) is 70.6 Å². The van der Waals surface area contributed by atoms with Gasteiger partial charge in [0.1, 0.15) is 11.6 Å². The van der Waals surface area contributed by atoms with E-state index in [1.165, 1.54) is 12.1 Å². The number of carbonyl (C=O) groups is 1. The van der Waals surface area contributed by atoms with Gasteiger partial charge in [0.05, 0.1) is 12.8 Å². The van der Waals surface area contributed by atoms with Gasteiger partial charge in [-0.2, -0.15) is 5.21 Å². The van der Waals surface area contributed by atoms with Crippen molar-refractivity contribution in [2.75, 3.05) is 12.4 Å². The van der Waals surface area contributed by atoms with Gasteiger partial charge in [-0.1, -0.05) is 35.9 Å². The number of aromatic amines is 1. The Labute approximate surface area is 193 Å². The second-order valence-corrected chi connectivity index (χ2v) is 8.27. The number of anilines is 1. The molecule has 7 nitrogen and oxygen atoms in total. The molecule has 1 aliphatic carbocycles. The zero-order valence-corrected chi connectivity index (χ0v) is 18.3. The Morgan fingerprint density at radius 3 is 2.55 bits per heavy atom. The monoisotopic (exact) mass is 463 g/mol. The lowest BCUT2D eigenvalue weighted by Crippen LogP contribution is -2.16. The van der Waals surface area contributed by atoms with Crippen molar-refractivity contribution in [1.29, 1.82) is 0 Å². The van der Waals surface area contributed by atoms with Crippen molar-refractivity contribution < 1.29 is 13.9 Å². The Bertz CT molecular complexity index is 1290. The van der Waals surface area contributed by atoms with Crippen molar-refractivity contribution in [3.8, 4) is 28.3 Å². The first-order valence-corrected chi connectivity index (χ1v) is 10.7. The molecule has 5 rings (SSSR count). The summed E-state index contributed by atoms with van der Waals surface area (Å²) in [6, 6.07) is 17.5. The Morgan fingerprint density at radius 2 is 1.88 bits per heavy atom. The summed E-state index contributed by atoms with van der Waals surface area (Å²) in [5.74, 6) is 0.0712. The van der Waals surface area contributed by atoms with Crippen LogP contribution in [-0.4, -0.2) is 33.6 Å². The van der Waals surface area contributed by atoms with Crippen LogP contribution in [0.15, 0.2) is 60.7 Å². The average Bonchev–Trinajstić information content (AvgIpc) is 3.45. The molecule has 2 N–H and O–H groups in total. The van der Waals surface area contributed by atoms with Gasteiger partial charge in [0.15, 0.2) is 0 Å². The molecule has 0 unspecified atom stereocenters. The smallest absolute Gasteiger partial charge is 0.228 e. The number of nitrogens with one attached hydrogen (secondary N) is 2. The van der Waals surface area contributed by atoms with Crippen molar-refractivity contribution in [3.05, 3.63) is 77.1 Å². The normalized spacial score (nSPS) is 16.9. The average molecular weight is 464 g/mol. The predicted molar refractivity (Wildman–Crippen MR) is 122 cm³/mol. The molecule has 1 heterocycles. The second-order valence-electron chi connectivity index (χ2n) is 7.83. The van der Waals surface area contributed by atoms with E-state index in [2.05, 4.69) is 25.9 Å². The van der Waals surface area contributed by atoms with E-state index in [1.807, 2.05) is 24.3 Å². The van der Waals surface area contributed by atoms with E-state index < -0.39 is 5.82 Å². The zero-order valence-electron chi connectivity index (χ0n) is 17.5. The van der Waals surface area contributed by atoms with Gasteiger partial charge in [0.25, 0.3) is 0 Å². The van der Waals surface area contributed by atoms with Crippen LogP contribution in [0.3, 0.4) is 0 Å². The first-order chi connectivity index (χ1) is 16.0. The van der Waals surface area contributed by atoms with Crippen molar-refractivity contribution in [3.63, 3.8) is 0 Å². The van der Waals surface area contributed by atoms with Crippen LogP contribution >= 0.6 is 11.6 Å². The Kier molecular flexibility index (Phi) is 5.51. The van der Waals surface area contributed by atoms with Crippen molar-refractivity contribution in [2.45, 2.75) is 12.3 Å². The van der Waals surface area contributed by atoms with Crippen LogP contribution in [0.1, 0.15) is 17.9 Å². The van der Waals surface area contributed by atoms with Crippen LogP contribution in [0, 0.1) is 11.7 Å². The molecular weight excluding hydrogens is 445 g/mol. The Hall–Kier alpha value is -3.78. The molecule has 1 aromatic heterocycles. The number of amides is 1. The van der Waals surface area contributed by atoms with Crippen molar-refractivity contribution >= 4 is 23.2 Å². The summed E-state index contributed by atoms with van der Waals surface area (Å²) in [6.07, 6.45) is 0.705. The molecule has 1 amide bonds. The molecule has 0 spiro atoms. The molecule has 3 aromatic carbocycles. The zero-order chi connectivity index (χ0) is 22.9. The van der Waals surface area contributed by atoms with Crippen LogP contribution < -0.4 is 10.1 Å². The SMILES string of the molecule is COc1ccc(-c2cc(F)c(NC(=O)[C@@H]3C[C@H]3c3ccc(Cl)cc3)cc2-c2nn[nH]n2)cc1. The first-order valence-electron chi connectivity index (χ1n) is 10.3. The molecule has 1 saturated carbocycles. The van der Waals surface area contributed by atoms with E-state index in [4.69, 9.17) is 16.3 Å². The van der Waals surface area contributed by atoms with Crippen LogP contribution in [0.5, 0.6) is 5.75 Å². The maximum Gasteiger partial charge on any atom is 0.228 e. The lowest BCUT2D eigenvalue weighted by Gasteiger charge is -2.13. The number of aromatic nitrogens is 4. The number of hydrogen-bond acceptors (Lipinski definition) is 5. The van der Waals surface area contributed by atoms with Gasteiger partial charge in [-0.15, -0.1) is 10.2 Å². The third-order valence-corrected chi connectivity index (χ3v) is 6.03. The van der Waals surface area contributed by atoms with Gasteiger partial charge in [0.2, 0.25) is 11.7 Å². The molecule has 0 radical (unpaired) electrons. The molecule has 0 aliphatic heterocycles. The number of benzene rings is 3. The molecule has 166 valence electrons. The van der Waals surface area contributed by atoms with Gasteiger partial charge in [0, 0.05) is 16.5 Å². The van der Waals surface area contributed by atoms with Crippen LogP contribution in [-0.2, 0) is 4.79 Å². The quantitative estimate of drug-likeness (QED) is 0.416. The van der Waals surface area contributed by atoms with E-state index in [1.54, 1.807) is 31.4 Å². The Morgan fingerprint density at radius 1 is 1.12 bits per heavy atom. The number of halogens is 2. The molecule has 1 fully saturated rings. The molecular formula is C24H19ClFN5O2. The van der Waals surface area contributed by atoms with Gasteiger partial charge in [-0.25, -0.2) is 4.39 Å². The van der Waals surface area contributed by atoms with E-state index in [0.717, 1.165) is 11.1 Å².